The molecule has 43 heavy (non-hydrogen) atoms. The summed E-state index contributed by atoms with van der Waals surface area (Å²) in [5.41, 5.74) is 5.47. The van der Waals surface area contributed by atoms with Crippen LogP contribution in [0.3, 0.4) is 0 Å². The monoisotopic (exact) mass is 635 g/mol. The quantitative estimate of drug-likeness (QED) is 0.236. The van der Waals surface area contributed by atoms with E-state index in [1.54, 1.807) is 45.9 Å². The Hall–Kier alpha value is -3.64. The Morgan fingerprint density at radius 1 is 1.09 bits per heavy atom. The van der Waals surface area contributed by atoms with E-state index in [0.717, 1.165) is 0 Å². The number of aryl methyl sites for hydroxylation is 1. The van der Waals surface area contributed by atoms with Crippen LogP contribution in [-0.2, 0) is 4.74 Å². The van der Waals surface area contributed by atoms with Crippen LogP contribution in [0.4, 0.5) is 15.5 Å². The highest BCUT2D eigenvalue weighted by Gasteiger charge is 2.39. The van der Waals surface area contributed by atoms with Gasteiger partial charge in [-0.3, -0.25) is 15.4 Å². The predicted octanol–water partition coefficient (Wildman–Crippen LogP) is 5.78. The van der Waals surface area contributed by atoms with Gasteiger partial charge in [-0.1, -0.05) is 56.1 Å². The summed E-state index contributed by atoms with van der Waals surface area (Å²) < 4.78 is 5.30. The van der Waals surface area contributed by atoms with Crippen LogP contribution in [0, 0.1) is 12.3 Å². The molecule has 0 spiro atoms. The van der Waals surface area contributed by atoms with Crippen molar-refractivity contribution >= 4 is 53.2 Å². The van der Waals surface area contributed by atoms with Crippen molar-refractivity contribution in [3.05, 3.63) is 39.6 Å². The maximum atomic E-state index is 12.5. The number of aromatic nitrogens is 2. The van der Waals surface area contributed by atoms with E-state index >= 15 is 0 Å². The van der Waals surface area contributed by atoms with Crippen molar-refractivity contribution < 1.29 is 24.2 Å². The number of nitrogens with two attached hydrogens (primary N) is 1. The summed E-state index contributed by atoms with van der Waals surface area (Å²) in [4.78, 5) is 52.5. The molecular weight excluding hydrogens is 597 g/mol. The molecule has 1 fully saturated rings. The molecule has 12 nitrogen and oxygen atoms in total. The molecule has 0 saturated carbocycles. The number of hydrogen-bond acceptors (Lipinski definition) is 8. The number of alkyl carbamates (subject to hydrolysis) is 1. The Morgan fingerprint density at radius 2 is 1.72 bits per heavy atom. The smallest absolute Gasteiger partial charge is 0.414 e. The molecule has 2 aromatic rings. The van der Waals surface area contributed by atoms with E-state index in [-0.39, 0.29) is 22.1 Å². The van der Waals surface area contributed by atoms with Gasteiger partial charge < -0.3 is 20.5 Å². The van der Waals surface area contributed by atoms with Crippen LogP contribution < -0.4 is 21.3 Å². The zero-order chi connectivity index (χ0) is 32.3. The fourth-order valence-corrected chi connectivity index (χ4v) is 5.56. The summed E-state index contributed by atoms with van der Waals surface area (Å²) >= 11 is 12.7. The number of aliphatic imine (C=N–C) groups is 1. The number of nitrogens with one attached hydrogen (secondary N) is 2. The second-order valence-corrected chi connectivity index (χ2v) is 13.5. The van der Waals surface area contributed by atoms with Gasteiger partial charge in [0.25, 0.3) is 5.91 Å². The third kappa shape index (κ3) is 9.17. The molecule has 0 aliphatic carbocycles. The Morgan fingerprint density at radius 3 is 2.26 bits per heavy atom. The van der Waals surface area contributed by atoms with Gasteiger partial charge in [0.05, 0.1) is 21.3 Å². The molecule has 0 atom stereocenters. The van der Waals surface area contributed by atoms with Crippen molar-refractivity contribution in [3.8, 4) is 11.1 Å². The van der Waals surface area contributed by atoms with E-state index < -0.39 is 29.2 Å². The largest absolute Gasteiger partial charge is 0.465 e. The average Bonchev–Trinajstić information content (AvgIpc) is 2.83. The molecule has 3 rings (SSSR count). The highest BCUT2D eigenvalue weighted by atomic mass is 35.5. The topological polar surface area (TPSA) is 172 Å². The normalized spacial score (nSPS) is 15.6. The molecule has 2 heterocycles. The highest BCUT2D eigenvalue weighted by molar-refractivity contribution is 6.43. The van der Waals surface area contributed by atoms with Crippen LogP contribution in [0.5, 0.6) is 0 Å². The third-order valence-electron chi connectivity index (χ3n) is 6.56. The van der Waals surface area contributed by atoms with Crippen molar-refractivity contribution in [2.75, 3.05) is 18.0 Å². The lowest BCUT2D eigenvalue weighted by Gasteiger charge is -2.42. The standard InChI is InChI=1S/C29H39Cl2N7O5/c1-16-19(17-9-8-10-18(30)20(17)31)21(22(32)39)34-24(33-16)38-13-11-29(12-14-38,15-27(2,3)4)37-23(35-25(40)41)36-26(42)43-28(5,6)7/h8-10H,11-15H2,1-7H3,(H2,32,39)(H,40,41)(H2,35,36,37,42). The number of rotatable bonds is 5. The molecule has 1 aliphatic rings. The van der Waals surface area contributed by atoms with Gasteiger partial charge in [-0.2, -0.15) is 0 Å². The Balaban J connectivity index is 1.97. The maximum Gasteiger partial charge on any atom is 0.414 e. The lowest BCUT2D eigenvalue weighted by atomic mass is 9.75. The van der Waals surface area contributed by atoms with Gasteiger partial charge in [0, 0.05) is 24.2 Å². The highest BCUT2D eigenvalue weighted by Crippen LogP contribution is 2.40. The number of ether oxygens (including phenoxy) is 1. The number of benzene rings is 1. The molecule has 1 saturated heterocycles. The zero-order valence-electron chi connectivity index (χ0n) is 25.5. The summed E-state index contributed by atoms with van der Waals surface area (Å²) in [6, 6.07) is 5.08. The number of carboxylic acid groups (broad SMARTS) is 1. The molecule has 234 valence electrons. The SMILES string of the molecule is Cc1nc(N2CCC(CC(C)(C)C)(N=C(NC(=O)O)NC(=O)OC(C)(C)C)CC2)nc(C(N)=O)c1-c1cccc(Cl)c1Cl. The number of hydrogen-bond donors (Lipinski definition) is 4. The van der Waals surface area contributed by atoms with Crippen molar-refractivity contribution in [2.24, 2.45) is 16.1 Å². The van der Waals surface area contributed by atoms with E-state index in [2.05, 4.69) is 41.4 Å². The van der Waals surface area contributed by atoms with Crippen LogP contribution in [0.1, 0.15) is 77.0 Å². The number of nitrogens with zero attached hydrogens (tertiary/aromatic N) is 4. The second kappa shape index (κ2) is 12.9. The van der Waals surface area contributed by atoms with Gasteiger partial charge in [-0.25, -0.2) is 24.5 Å². The van der Waals surface area contributed by atoms with Crippen LogP contribution in [0.25, 0.3) is 11.1 Å². The minimum Gasteiger partial charge on any atom is -0.465 e. The summed E-state index contributed by atoms with van der Waals surface area (Å²) in [7, 11) is 0. The Bertz CT molecular complexity index is 1430. The first-order valence-corrected chi connectivity index (χ1v) is 14.5. The maximum absolute atomic E-state index is 12.5. The molecule has 14 heteroatoms. The van der Waals surface area contributed by atoms with Crippen molar-refractivity contribution in [1.82, 2.24) is 20.6 Å². The molecule has 3 amide bonds. The lowest BCUT2D eigenvalue weighted by Crippen LogP contribution is -2.51. The molecule has 0 bridgehead atoms. The molecule has 1 aromatic heterocycles. The van der Waals surface area contributed by atoms with Crippen LogP contribution in [0.15, 0.2) is 23.2 Å². The molecule has 1 aromatic carbocycles. The van der Waals surface area contributed by atoms with Crippen molar-refractivity contribution in [3.63, 3.8) is 0 Å². The minimum absolute atomic E-state index is 0.0192. The number of piperidine rings is 1. The van der Waals surface area contributed by atoms with Crippen LogP contribution in [0.2, 0.25) is 10.0 Å². The number of amides is 3. The lowest BCUT2D eigenvalue weighted by molar-refractivity contribution is 0.0561. The van der Waals surface area contributed by atoms with Gasteiger partial charge >= 0.3 is 12.2 Å². The van der Waals surface area contributed by atoms with E-state index in [1.807, 2.05) is 4.90 Å². The van der Waals surface area contributed by atoms with Crippen LogP contribution >= 0.6 is 23.2 Å². The number of carbonyl (C=O) groups excluding carboxylic acids is 2. The molecule has 1 aliphatic heterocycles. The molecule has 0 unspecified atom stereocenters. The third-order valence-corrected chi connectivity index (χ3v) is 7.38. The van der Waals surface area contributed by atoms with E-state index in [0.29, 0.717) is 60.1 Å². The first-order valence-electron chi connectivity index (χ1n) is 13.8. The van der Waals surface area contributed by atoms with Gasteiger partial charge in [-0.05, 0) is 58.4 Å². The Labute approximate surface area is 261 Å². The molecule has 0 radical (unpaired) electrons. The zero-order valence-corrected chi connectivity index (χ0v) is 27.0. The van der Waals surface area contributed by atoms with Gasteiger partial charge in [0.1, 0.15) is 11.3 Å². The van der Waals surface area contributed by atoms with Crippen LogP contribution in [-0.4, -0.2) is 63.4 Å². The Kier molecular flexibility index (Phi) is 10.2. The minimum atomic E-state index is -1.37. The van der Waals surface area contributed by atoms with E-state index in [9.17, 15) is 19.5 Å². The van der Waals surface area contributed by atoms with Gasteiger partial charge in [0.15, 0.2) is 0 Å². The van der Waals surface area contributed by atoms with Crippen molar-refractivity contribution in [2.45, 2.75) is 78.9 Å². The number of carbonyl (C=O) groups is 3. The van der Waals surface area contributed by atoms with Gasteiger partial charge in [-0.15, -0.1) is 0 Å². The first kappa shape index (κ1) is 33.9. The number of primary amides is 1. The summed E-state index contributed by atoms with van der Waals surface area (Å²) in [6.45, 7) is 13.9. The number of halogens is 2. The van der Waals surface area contributed by atoms with Crippen molar-refractivity contribution in [1.29, 1.82) is 0 Å². The number of anilines is 1. The summed E-state index contributed by atoms with van der Waals surface area (Å²) in [5.74, 6) is -0.637. The number of guanidine groups is 1. The van der Waals surface area contributed by atoms with E-state index in [4.69, 9.17) is 38.7 Å². The fourth-order valence-electron chi connectivity index (χ4n) is 5.16. The second-order valence-electron chi connectivity index (χ2n) is 12.8. The first-order chi connectivity index (χ1) is 19.8. The predicted molar refractivity (Wildman–Crippen MR) is 167 cm³/mol. The van der Waals surface area contributed by atoms with E-state index in [1.165, 1.54) is 0 Å². The average molecular weight is 637 g/mol. The van der Waals surface area contributed by atoms with Gasteiger partial charge in [0.2, 0.25) is 11.9 Å². The summed E-state index contributed by atoms with van der Waals surface area (Å²) in [5, 5.41) is 14.7. The molecular formula is C29H39Cl2N7O5. The summed E-state index contributed by atoms with van der Waals surface area (Å²) in [6.07, 6.45) is -0.664. The fraction of sp³-hybridized carbons (Fsp3) is 0.517. The molecule has 5 N–H and O–H groups in total.